The molecule has 0 spiro atoms. The van der Waals surface area contributed by atoms with E-state index in [9.17, 15) is 19.7 Å². The Morgan fingerprint density at radius 1 is 1.27 bits per heavy atom. The largest absolute Gasteiger partial charge is 0.465 e. The summed E-state index contributed by atoms with van der Waals surface area (Å²) >= 11 is 1.19. The summed E-state index contributed by atoms with van der Waals surface area (Å²) in [6.45, 7) is 1.78. The van der Waals surface area contributed by atoms with Crippen LogP contribution in [-0.4, -0.2) is 23.9 Å². The minimum absolute atomic E-state index is 0.0747. The maximum absolute atomic E-state index is 12.3. The molecule has 0 saturated carbocycles. The summed E-state index contributed by atoms with van der Waals surface area (Å²) in [4.78, 5) is 35.0. The summed E-state index contributed by atoms with van der Waals surface area (Å²) in [6, 6.07) is 7.19. The SMILES string of the molecule is COC(=O)c1cc(C)sc1NC(=O)c1ccccc1[N+](=O)[O-]. The van der Waals surface area contributed by atoms with Crippen LogP contribution in [0.15, 0.2) is 30.3 Å². The van der Waals surface area contributed by atoms with Crippen molar-refractivity contribution in [3.63, 3.8) is 0 Å². The van der Waals surface area contributed by atoms with E-state index in [0.29, 0.717) is 5.00 Å². The van der Waals surface area contributed by atoms with E-state index in [-0.39, 0.29) is 16.8 Å². The van der Waals surface area contributed by atoms with Crippen molar-refractivity contribution in [1.82, 2.24) is 0 Å². The summed E-state index contributed by atoms with van der Waals surface area (Å²) in [5, 5.41) is 13.8. The second kappa shape index (κ2) is 6.35. The minimum Gasteiger partial charge on any atom is -0.465 e. The van der Waals surface area contributed by atoms with Crippen LogP contribution in [0.3, 0.4) is 0 Å². The topological polar surface area (TPSA) is 98.5 Å². The van der Waals surface area contributed by atoms with Crippen LogP contribution in [-0.2, 0) is 4.74 Å². The Kier molecular flexibility index (Phi) is 4.52. The maximum Gasteiger partial charge on any atom is 0.340 e. The van der Waals surface area contributed by atoms with Crippen molar-refractivity contribution in [2.75, 3.05) is 12.4 Å². The number of anilines is 1. The molecule has 0 fully saturated rings. The van der Waals surface area contributed by atoms with Gasteiger partial charge < -0.3 is 10.1 Å². The molecule has 1 amide bonds. The number of hydrogen-bond acceptors (Lipinski definition) is 6. The smallest absolute Gasteiger partial charge is 0.340 e. The van der Waals surface area contributed by atoms with Crippen molar-refractivity contribution in [2.45, 2.75) is 6.92 Å². The highest BCUT2D eigenvalue weighted by atomic mass is 32.1. The highest BCUT2D eigenvalue weighted by molar-refractivity contribution is 7.16. The lowest BCUT2D eigenvalue weighted by molar-refractivity contribution is -0.385. The van der Waals surface area contributed by atoms with Crippen LogP contribution in [0.5, 0.6) is 0 Å². The first-order valence-electron chi connectivity index (χ1n) is 6.17. The van der Waals surface area contributed by atoms with Crippen molar-refractivity contribution in [3.8, 4) is 0 Å². The second-order valence-corrected chi connectivity index (χ2v) is 5.58. The number of nitro groups is 1. The molecule has 2 aromatic rings. The number of benzene rings is 1. The van der Waals surface area contributed by atoms with E-state index in [1.807, 2.05) is 0 Å². The first-order chi connectivity index (χ1) is 10.4. The molecule has 0 aliphatic carbocycles. The average molecular weight is 320 g/mol. The van der Waals surface area contributed by atoms with Crippen LogP contribution >= 0.6 is 11.3 Å². The number of ether oxygens (including phenoxy) is 1. The number of methoxy groups -OCH3 is 1. The minimum atomic E-state index is -0.653. The number of aryl methyl sites for hydroxylation is 1. The van der Waals surface area contributed by atoms with Crippen LogP contribution in [0.2, 0.25) is 0 Å². The number of esters is 1. The number of para-hydroxylation sites is 1. The predicted octanol–water partition coefficient (Wildman–Crippen LogP) is 3.00. The van der Waals surface area contributed by atoms with Crippen LogP contribution in [0.25, 0.3) is 0 Å². The molecule has 2 rings (SSSR count). The molecule has 1 aromatic heterocycles. The third-order valence-electron chi connectivity index (χ3n) is 2.83. The summed E-state index contributed by atoms with van der Waals surface area (Å²) in [5.74, 6) is -1.23. The van der Waals surface area contributed by atoms with Gasteiger partial charge in [0.2, 0.25) is 0 Å². The molecular weight excluding hydrogens is 308 g/mol. The summed E-state index contributed by atoms with van der Waals surface area (Å²) in [6.07, 6.45) is 0. The highest BCUT2D eigenvalue weighted by Crippen LogP contribution is 2.29. The van der Waals surface area contributed by atoms with E-state index >= 15 is 0 Å². The maximum atomic E-state index is 12.3. The van der Waals surface area contributed by atoms with Gasteiger partial charge >= 0.3 is 5.97 Å². The molecule has 1 N–H and O–H groups in total. The van der Waals surface area contributed by atoms with Gasteiger partial charge in [-0.15, -0.1) is 11.3 Å². The van der Waals surface area contributed by atoms with E-state index in [4.69, 9.17) is 0 Å². The summed E-state index contributed by atoms with van der Waals surface area (Å²) in [5.41, 5.74) is -0.154. The van der Waals surface area contributed by atoms with Gasteiger partial charge in [-0.25, -0.2) is 4.79 Å². The molecule has 8 heteroatoms. The van der Waals surface area contributed by atoms with Gasteiger partial charge in [-0.1, -0.05) is 12.1 Å². The van der Waals surface area contributed by atoms with Gasteiger partial charge in [0.25, 0.3) is 11.6 Å². The summed E-state index contributed by atoms with van der Waals surface area (Å²) < 4.78 is 4.65. The van der Waals surface area contributed by atoms with Gasteiger partial charge in [0.05, 0.1) is 17.6 Å². The Balaban J connectivity index is 2.34. The molecule has 0 saturated heterocycles. The third-order valence-corrected chi connectivity index (χ3v) is 3.80. The number of carbonyl (C=O) groups excluding carboxylic acids is 2. The molecule has 0 bridgehead atoms. The van der Waals surface area contributed by atoms with Gasteiger partial charge in [0.15, 0.2) is 0 Å². The van der Waals surface area contributed by atoms with Gasteiger partial charge in [0, 0.05) is 10.9 Å². The van der Waals surface area contributed by atoms with Crippen LogP contribution in [0.1, 0.15) is 25.6 Å². The lowest BCUT2D eigenvalue weighted by atomic mass is 10.1. The van der Waals surface area contributed by atoms with Gasteiger partial charge in [-0.3, -0.25) is 14.9 Å². The molecule has 1 heterocycles. The number of hydrogen-bond donors (Lipinski definition) is 1. The lowest BCUT2D eigenvalue weighted by Gasteiger charge is -2.05. The van der Waals surface area contributed by atoms with Crippen molar-refractivity contribution in [1.29, 1.82) is 0 Å². The Labute approximate surface area is 129 Å². The fourth-order valence-corrected chi connectivity index (χ4v) is 2.76. The average Bonchev–Trinajstić information content (AvgIpc) is 2.86. The monoisotopic (exact) mass is 320 g/mol. The van der Waals surface area contributed by atoms with E-state index < -0.39 is 16.8 Å². The standard InChI is InChI=1S/C14H12N2O5S/c1-8-7-10(14(18)21-2)13(22-8)15-12(17)9-5-3-4-6-11(9)16(19)20/h3-7H,1-2H3,(H,15,17). The Bertz CT molecular complexity index is 753. The second-order valence-electron chi connectivity index (χ2n) is 4.32. The highest BCUT2D eigenvalue weighted by Gasteiger charge is 2.22. The molecule has 7 nitrogen and oxygen atoms in total. The number of amides is 1. The van der Waals surface area contributed by atoms with E-state index in [2.05, 4.69) is 10.1 Å². The molecule has 0 unspecified atom stereocenters. The molecule has 0 aliphatic heterocycles. The van der Waals surface area contributed by atoms with Crippen molar-refractivity contribution >= 4 is 33.9 Å². The lowest BCUT2D eigenvalue weighted by Crippen LogP contribution is -2.15. The molecule has 0 radical (unpaired) electrons. The molecule has 0 aliphatic rings. The molecular formula is C14H12N2O5S. The number of thiophene rings is 1. The normalized spacial score (nSPS) is 10.1. The molecule has 1 aromatic carbocycles. The molecule has 114 valence electrons. The predicted molar refractivity (Wildman–Crippen MR) is 81.4 cm³/mol. The zero-order chi connectivity index (χ0) is 16.3. The summed E-state index contributed by atoms with van der Waals surface area (Å²) in [7, 11) is 1.24. The van der Waals surface area contributed by atoms with Crippen LogP contribution in [0.4, 0.5) is 10.7 Å². The first kappa shape index (κ1) is 15.6. The van der Waals surface area contributed by atoms with Crippen molar-refractivity contribution in [2.24, 2.45) is 0 Å². The van der Waals surface area contributed by atoms with Gasteiger partial charge in [-0.05, 0) is 19.1 Å². The van der Waals surface area contributed by atoms with E-state index in [0.717, 1.165) is 4.88 Å². The van der Waals surface area contributed by atoms with E-state index in [1.54, 1.807) is 13.0 Å². The Morgan fingerprint density at radius 3 is 2.59 bits per heavy atom. The number of rotatable bonds is 4. The fourth-order valence-electron chi connectivity index (χ4n) is 1.86. The Hall–Kier alpha value is -2.74. The number of carbonyl (C=O) groups is 2. The quantitative estimate of drug-likeness (QED) is 0.530. The first-order valence-corrected chi connectivity index (χ1v) is 6.99. The number of nitro benzene ring substituents is 1. The van der Waals surface area contributed by atoms with Crippen LogP contribution in [0, 0.1) is 17.0 Å². The zero-order valence-electron chi connectivity index (χ0n) is 11.8. The number of nitrogens with one attached hydrogen (secondary N) is 1. The van der Waals surface area contributed by atoms with E-state index in [1.165, 1.54) is 42.7 Å². The van der Waals surface area contributed by atoms with Gasteiger partial charge in [-0.2, -0.15) is 0 Å². The van der Waals surface area contributed by atoms with Crippen molar-refractivity contribution < 1.29 is 19.2 Å². The van der Waals surface area contributed by atoms with Crippen LogP contribution < -0.4 is 5.32 Å². The Morgan fingerprint density at radius 2 is 1.95 bits per heavy atom. The fraction of sp³-hybridized carbons (Fsp3) is 0.143. The van der Waals surface area contributed by atoms with Crippen molar-refractivity contribution in [3.05, 3.63) is 56.5 Å². The zero-order valence-corrected chi connectivity index (χ0v) is 12.6. The number of nitrogens with zero attached hydrogens (tertiary/aromatic N) is 1. The molecule has 22 heavy (non-hydrogen) atoms. The third kappa shape index (κ3) is 3.12. The molecule has 0 atom stereocenters. The van der Waals surface area contributed by atoms with Gasteiger partial charge in [0.1, 0.15) is 10.6 Å².